The highest BCUT2D eigenvalue weighted by molar-refractivity contribution is 6.18. The van der Waals surface area contributed by atoms with Crippen LogP contribution in [0.3, 0.4) is 0 Å². The van der Waals surface area contributed by atoms with E-state index < -0.39 is 6.03 Å². The molecule has 0 radical (unpaired) electrons. The Bertz CT molecular complexity index is 861. The first-order chi connectivity index (χ1) is 15.3. The van der Waals surface area contributed by atoms with Gasteiger partial charge in [-0.2, -0.15) is 5.01 Å². The van der Waals surface area contributed by atoms with Gasteiger partial charge in [-0.05, 0) is 66.0 Å². The van der Waals surface area contributed by atoms with E-state index in [1.807, 2.05) is 24.3 Å². The van der Waals surface area contributed by atoms with Crippen LogP contribution in [-0.2, 0) is 5.41 Å². The number of amides is 2. The fraction of sp³-hybridized carbons (Fsp3) is 0.458. The lowest BCUT2D eigenvalue weighted by Crippen LogP contribution is -2.37. The summed E-state index contributed by atoms with van der Waals surface area (Å²) >= 11 is 5.57. The maximum absolute atomic E-state index is 12.0. The molecule has 0 unspecified atom stereocenters. The lowest BCUT2D eigenvalue weighted by Gasteiger charge is -2.38. The number of halogens is 1. The van der Waals surface area contributed by atoms with Gasteiger partial charge in [-0.25, -0.2) is 4.79 Å². The minimum Gasteiger partial charge on any atom is -0.508 e. The van der Waals surface area contributed by atoms with Gasteiger partial charge in [-0.1, -0.05) is 44.5 Å². The Hall–Kier alpha value is -2.80. The van der Waals surface area contributed by atoms with Crippen molar-refractivity contribution >= 4 is 17.6 Å². The van der Waals surface area contributed by atoms with Crippen LogP contribution in [0.15, 0.2) is 53.8 Å². The number of aromatic hydroxyl groups is 2. The lowest BCUT2D eigenvalue weighted by atomic mass is 9.65. The van der Waals surface area contributed by atoms with Gasteiger partial charge in [0, 0.05) is 12.4 Å². The second-order valence-corrected chi connectivity index (χ2v) is 8.46. The van der Waals surface area contributed by atoms with E-state index >= 15 is 0 Å². The summed E-state index contributed by atoms with van der Waals surface area (Å²) < 4.78 is 0. The molecule has 0 aliphatic heterocycles. The molecule has 0 heterocycles. The zero-order chi connectivity index (χ0) is 23.6. The standard InChI is InChI=1S/C24H32ClN3O4/c1-3-24(2,19-9-13-21(30)14-10-19)22(18-7-11-20(29)12-8-18)6-4-5-16-26-23(31)28(27-32)17-15-25/h7-14,22,29-30H,3-6,15-17H2,1-2H3,(H,26,31)/t22-,24+/m1/s1. The third-order valence-corrected chi connectivity index (χ3v) is 6.32. The average molecular weight is 462 g/mol. The quantitative estimate of drug-likeness (QED) is 0.164. The van der Waals surface area contributed by atoms with Crippen LogP contribution in [0.4, 0.5) is 4.79 Å². The van der Waals surface area contributed by atoms with Crippen LogP contribution in [0.25, 0.3) is 0 Å². The van der Waals surface area contributed by atoms with Crippen molar-refractivity contribution in [3.05, 3.63) is 64.6 Å². The number of nitrogens with zero attached hydrogens (tertiary/aromatic N) is 2. The van der Waals surface area contributed by atoms with Gasteiger partial charge in [-0.3, -0.25) is 0 Å². The summed E-state index contributed by atoms with van der Waals surface area (Å²) in [7, 11) is 0. The zero-order valence-electron chi connectivity index (χ0n) is 18.6. The molecule has 8 heteroatoms. The number of hydrogen-bond donors (Lipinski definition) is 3. The van der Waals surface area contributed by atoms with E-state index in [9.17, 15) is 19.9 Å². The molecular weight excluding hydrogens is 430 g/mol. The van der Waals surface area contributed by atoms with Crippen LogP contribution in [0, 0.1) is 4.91 Å². The number of carbonyl (C=O) groups is 1. The van der Waals surface area contributed by atoms with Gasteiger partial charge >= 0.3 is 6.03 Å². The Balaban J connectivity index is 2.11. The molecule has 3 N–H and O–H groups in total. The van der Waals surface area contributed by atoms with Crippen molar-refractivity contribution < 1.29 is 15.0 Å². The van der Waals surface area contributed by atoms with Gasteiger partial charge in [0.1, 0.15) is 11.5 Å². The van der Waals surface area contributed by atoms with E-state index in [1.54, 1.807) is 24.3 Å². The third-order valence-electron chi connectivity index (χ3n) is 6.15. The third kappa shape index (κ3) is 6.60. The molecule has 32 heavy (non-hydrogen) atoms. The molecular formula is C24H32ClN3O4. The van der Waals surface area contributed by atoms with E-state index in [0.717, 1.165) is 41.8 Å². The molecule has 2 aromatic rings. The Morgan fingerprint density at radius 3 is 2.22 bits per heavy atom. The fourth-order valence-electron chi connectivity index (χ4n) is 4.07. The van der Waals surface area contributed by atoms with E-state index in [0.29, 0.717) is 6.54 Å². The number of phenolic OH excluding ortho intramolecular Hbond substituents is 2. The summed E-state index contributed by atoms with van der Waals surface area (Å²) in [6.45, 7) is 4.87. The van der Waals surface area contributed by atoms with E-state index in [1.165, 1.54) is 0 Å². The molecule has 2 rings (SSSR count). The summed E-state index contributed by atoms with van der Waals surface area (Å²) in [5.74, 6) is 0.763. The Morgan fingerprint density at radius 2 is 1.69 bits per heavy atom. The topological polar surface area (TPSA) is 102 Å². The molecule has 7 nitrogen and oxygen atoms in total. The molecule has 0 bridgehead atoms. The average Bonchev–Trinajstić information content (AvgIpc) is 2.80. The number of phenols is 2. The van der Waals surface area contributed by atoms with Crippen molar-refractivity contribution in [1.82, 2.24) is 10.3 Å². The number of benzene rings is 2. The molecule has 0 saturated heterocycles. The number of carbonyl (C=O) groups excluding carboxylic acids is 1. The van der Waals surface area contributed by atoms with Crippen LogP contribution in [0.1, 0.15) is 56.6 Å². The molecule has 174 valence electrons. The predicted molar refractivity (Wildman–Crippen MR) is 127 cm³/mol. The van der Waals surface area contributed by atoms with E-state index in [-0.39, 0.29) is 35.3 Å². The highest BCUT2D eigenvalue weighted by atomic mass is 35.5. The molecule has 0 aromatic heterocycles. The largest absolute Gasteiger partial charge is 0.508 e. The minimum absolute atomic E-state index is 0.0707. The fourth-order valence-corrected chi connectivity index (χ4v) is 4.23. The normalized spacial score (nSPS) is 13.7. The smallest absolute Gasteiger partial charge is 0.340 e. The number of unbranched alkanes of at least 4 members (excludes halogenated alkanes) is 1. The molecule has 0 fully saturated rings. The van der Waals surface area contributed by atoms with E-state index in [2.05, 4.69) is 24.5 Å². The second kappa shape index (κ2) is 12.3. The van der Waals surface area contributed by atoms with Gasteiger partial charge < -0.3 is 15.5 Å². The number of rotatable bonds is 12. The number of hydrogen-bond acceptors (Lipinski definition) is 5. The molecule has 2 aromatic carbocycles. The molecule has 2 atom stereocenters. The van der Waals surface area contributed by atoms with Crippen molar-refractivity contribution in [3.8, 4) is 11.5 Å². The van der Waals surface area contributed by atoms with Crippen LogP contribution < -0.4 is 5.32 Å². The van der Waals surface area contributed by atoms with Crippen LogP contribution >= 0.6 is 11.6 Å². The van der Waals surface area contributed by atoms with Crippen LogP contribution in [0.5, 0.6) is 11.5 Å². The van der Waals surface area contributed by atoms with Crippen molar-refractivity contribution in [3.63, 3.8) is 0 Å². The lowest BCUT2D eigenvalue weighted by molar-refractivity contribution is 0.202. The zero-order valence-corrected chi connectivity index (χ0v) is 19.4. The van der Waals surface area contributed by atoms with Gasteiger partial charge in [-0.15, -0.1) is 16.5 Å². The summed E-state index contributed by atoms with van der Waals surface area (Å²) in [5, 5.41) is 25.6. The van der Waals surface area contributed by atoms with Crippen molar-refractivity contribution in [1.29, 1.82) is 0 Å². The maximum Gasteiger partial charge on any atom is 0.340 e. The van der Waals surface area contributed by atoms with E-state index in [4.69, 9.17) is 11.6 Å². The summed E-state index contributed by atoms with van der Waals surface area (Å²) in [5.41, 5.74) is 2.08. The SMILES string of the molecule is CC[C@@](C)(c1ccc(O)cc1)[C@H](CCCCNC(=O)N(CCCl)N=O)c1ccc(O)cc1. The molecule has 0 spiro atoms. The van der Waals surface area contributed by atoms with Crippen molar-refractivity contribution in [2.24, 2.45) is 5.29 Å². The monoisotopic (exact) mass is 461 g/mol. The van der Waals surface area contributed by atoms with Gasteiger partial charge in [0.2, 0.25) is 0 Å². The highest BCUT2D eigenvalue weighted by Crippen LogP contribution is 2.45. The summed E-state index contributed by atoms with van der Waals surface area (Å²) in [6.07, 6.45) is 3.34. The number of nitroso groups, excluding NO2 is 1. The molecule has 2 amide bonds. The number of alkyl halides is 1. The predicted octanol–water partition coefficient (Wildman–Crippen LogP) is 5.65. The first kappa shape index (κ1) is 25.5. The number of urea groups is 1. The van der Waals surface area contributed by atoms with Gasteiger partial charge in [0.05, 0.1) is 11.8 Å². The minimum atomic E-state index is -0.543. The Labute approximate surface area is 194 Å². The Morgan fingerprint density at radius 1 is 1.09 bits per heavy atom. The van der Waals surface area contributed by atoms with Crippen molar-refractivity contribution in [2.75, 3.05) is 19.0 Å². The molecule has 0 aliphatic carbocycles. The van der Waals surface area contributed by atoms with Crippen LogP contribution in [-0.4, -0.2) is 40.2 Å². The Kier molecular flexibility index (Phi) is 9.78. The summed E-state index contributed by atoms with van der Waals surface area (Å²) in [6, 6.07) is 14.1. The highest BCUT2D eigenvalue weighted by Gasteiger charge is 2.35. The van der Waals surface area contributed by atoms with Gasteiger partial charge in [0.15, 0.2) is 0 Å². The second-order valence-electron chi connectivity index (χ2n) is 8.08. The maximum atomic E-state index is 12.0. The first-order valence-corrected chi connectivity index (χ1v) is 11.4. The number of nitrogens with one attached hydrogen (secondary N) is 1. The van der Waals surface area contributed by atoms with Crippen LogP contribution in [0.2, 0.25) is 0 Å². The summed E-state index contributed by atoms with van der Waals surface area (Å²) in [4.78, 5) is 22.7. The van der Waals surface area contributed by atoms with Crippen molar-refractivity contribution in [2.45, 2.75) is 50.9 Å². The first-order valence-electron chi connectivity index (χ1n) is 10.9. The molecule has 0 saturated carbocycles. The van der Waals surface area contributed by atoms with Gasteiger partial charge in [0.25, 0.3) is 0 Å². The molecule has 0 aliphatic rings.